The lowest BCUT2D eigenvalue weighted by atomic mass is 9.76. The Morgan fingerprint density at radius 1 is 1.14 bits per heavy atom. The molecule has 1 saturated carbocycles. The first-order valence-corrected chi connectivity index (χ1v) is 13.0. The van der Waals surface area contributed by atoms with E-state index in [9.17, 15) is 4.39 Å². The van der Waals surface area contributed by atoms with Gasteiger partial charge < -0.3 is 25.5 Å². The van der Waals surface area contributed by atoms with Crippen LogP contribution in [0.15, 0.2) is 36.8 Å². The number of aromatic nitrogens is 4. The number of halogens is 2. The Kier molecular flexibility index (Phi) is 5.60. The number of nitrogens with two attached hydrogens (primary N) is 2. The van der Waals surface area contributed by atoms with Crippen LogP contribution in [0, 0.1) is 11.2 Å². The number of ether oxygens (including phenoxy) is 2. The van der Waals surface area contributed by atoms with Crippen LogP contribution in [0.25, 0.3) is 21.9 Å². The second-order valence-electron chi connectivity index (χ2n) is 10.7. The Labute approximate surface area is 219 Å². The van der Waals surface area contributed by atoms with Gasteiger partial charge in [-0.05, 0) is 69.4 Å². The minimum atomic E-state index is -0.707. The van der Waals surface area contributed by atoms with Gasteiger partial charge >= 0.3 is 0 Å². The van der Waals surface area contributed by atoms with Crippen LogP contribution in [0.4, 0.5) is 16.0 Å². The van der Waals surface area contributed by atoms with Crippen LogP contribution in [0.5, 0.6) is 0 Å². The number of anilines is 2. The average molecular weight is 525 g/mol. The summed E-state index contributed by atoms with van der Waals surface area (Å²) in [6, 6.07) is 6.96. The molecule has 0 amide bonds. The molecule has 1 saturated heterocycles. The van der Waals surface area contributed by atoms with Gasteiger partial charge in [-0.2, -0.15) is 0 Å². The van der Waals surface area contributed by atoms with Crippen LogP contribution in [0.2, 0.25) is 5.02 Å². The fourth-order valence-electron chi connectivity index (χ4n) is 6.29. The average Bonchev–Trinajstić information content (AvgIpc) is 3.50. The van der Waals surface area contributed by atoms with E-state index in [2.05, 4.69) is 26.4 Å². The Hall–Kier alpha value is -3.01. The van der Waals surface area contributed by atoms with E-state index < -0.39 is 5.79 Å². The van der Waals surface area contributed by atoms with E-state index in [4.69, 9.17) is 32.5 Å². The number of aryl methyl sites for hydroxylation is 1. The first kappa shape index (κ1) is 24.3. The predicted molar refractivity (Wildman–Crippen MR) is 142 cm³/mol. The van der Waals surface area contributed by atoms with Gasteiger partial charge in [0.1, 0.15) is 35.5 Å². The first-order valence-electron chi connectivity index (χ1n) is 12.6. The van der Waals surface area contributed by atoms with Gasteiger partial charge in [0.15, 0.2) is 5.79 Å². The zero-order valence-corrected chi connectivity index (χ0v) is 21.8. The van der Waals surface area contributed by atoms with Crippen molar-refractivity contribution in [3.63, 3.8) is 0 Å². The van der Waals surface area contributed by atoms with Crippen molar-refractivity contribution in [2.45, 2.75) is 70.5 Å². The quantitative estimate of drug-likeness (QED) is 0.357. The monoisotopic (exact) mass is 524 g/mol. The van der Waals surface area contributed by atoms with E-state index in [0.29, 0.717) is 23.1 Å². The summed E-state index contributed by atoms with van der Waals surface area (Å²) in [7, 11) is 0. The van der Waals surface area contributed by atoms with Crippen LogP contribution in [-0.2, 0) is 15.9 Å². The Morgan fingerprint density at radius 3 is 2.73 bits per heavy atom. The number of benzene rings is 1. The molecule has 4 atom stereocenters. The van der Waals surface area contributed by atoms with E-state index in [0.717, 1.165) is 35.9 Å². The van der Waals surface area contributed by atoms with Gasteiger partial charge in [0.25, 0.3) is 0 Å². The number of nitrogen functional groups attached to an aromatic ring is 2. The van der Waals surface area contributed by atoms with Gasteiger partial charge in [-0.25, -0.2) is 19.3 Å². The molecule has 4 N–H and O–H groups in total. The molecule has 0 spiro atoms. The number of rotatable bonds is 5. The van der Waals surface area contributed by atoms with Crippen molar-refractivity contribution in [1.29, 1.82) is 0 Å². The number of pyridine rings is 1. The van der Waals surface area contributed by atoms with Gasteiger partial charge in [0.05, 0.1) is 28.1 Å². The molecule has 2 aliphatic rings. The molecule has 2 fully saturated rings. The molecule has 1 aliphatic heterocycles. The highest BCUT2D eigenvalue weighted by Crippen LogP contribution is 2.57. The van der Waals surface area contributed by atoms with Crippen LogP contribution in [0.3, 0.4) is 0 Å². The Bertz CT molecular complexity index is 1520. The fourth-order valence-corrected chi connectivity index (χ4v) is 6.44. The van der Waals surface area contributed by atoms with Crippen molar-refractivity contribution in [2.24, 2.45) is 5.41 Å². The molecule has 8 nitrogen and oxygen atoms in total. The van der Waals surface area contributed by atoms with Crippen molar-refractivity contribution in [3.8, 4) is 0 Å². The zero-order chi connectivity index (χ0) is 26.1. The topological polar surface area (TPSA) is 114 Å². The fraction of sp³-hybridized carbons (Fsp3) is 0.444. The van der Waals surface area contributed by atoms with Gasteiger partial charge in [-0.15, -0.1) is 0 Å². The number of hydrogen-bond donors (Lipinski definition) is 2. The normalized spacial score (nSPS) is 26.8. The third kappa shape index (κ3) is 3.91. The molecular weight excluding hydrogens is 495 g/mol. The first-order chi connectivity index (χ1) is 17.6. The highest BCUT2D eigenvalue weighted by molar-refractivity contribution is 6.33. The Balaban J connectivity index is 1.35. The third-order valence-corrected chi connectivity index (χ3v) is 8.47. The van der Waals surface area contributed by atoms with E-state index in [-0.39, 0.29) is 40.3 Å². The molecule has 10 heteroatoms. The SMILES string of the molecule is CC[C@]1(CCc2cc(F)c3cc(Cl)c(N)nc3c2)C[C@@H](n2ccc3c(N)ncnc32)[C@@H]2OC(C)(C)O[C@@H]21. The largest absolute Gasteiger partial charge is 0.383 e. The maximum atomic E-state index is 15.0. The molecule has 1 aliphatic carbocycles. The molecule has 1 aromatic carbocycles. The second kappa shape index (κ2) is 8.51. The molecule has 4 heterocycles. The van der Waals surface area contributed by atoms with Crippen LogP contribution < -0.4 is 11.5 Å². The summed E-state index contributed by atoms with van der Waals surface area (Å²) in [6.45, 7) is 6.10. The molecule has 0 bridgehead atoms. The summed E-state index contributed by atoms with van der Waals surface area (Å²) in [5, 5.41) is 1.44. The third-order valence-electron chi connectivity index (χ3n) is 8.16. The van der Waals surface area contributed by atoms with Crippen molar-refractivity contribution in [1.82, 2.24) is 19.5 Å². The lowest BCUT2D eigenvalue weighted by Crippen LogP contribution is -2.36. The maximum Gasteiger partial charge on any atom is 0.163 e. The number of nitrogens with zero attached hydrogens (tertiary/aromatic N) is 4. The standard InChI is InChI=1S/C27H30ClFN6O2/c1-4-27(7-5-14-9-18(29)16-11-17(28)24(31)34-19(16)10-14)12-20(21-22(27)37-26(2,3)36-21)35-8-6-15-23(30)32-13-33-25(15)35/h6,8-11,13,20-22H,4-5,7,12H2,1-3H3,(H2,31,34)(H2,30,32,33)/t20-,21+,22+,27+/m1/s1. The summed E-state index contributed by atoms with van der Waals surface area (Å²) in [6.07, 6.45) is 6.41. The molecular formula is C27H30ClFN6O2. The molecule has 0 radical (unpaired) electrons. The van der Waals surface area contributed by atoms with E-state index in [1.807, 2.05) is 32.2 Å². The van der Waals surface area contributed by atoms with E-state index >= 15 is 0 Å². The van der Waals surface area contributed by atoms with Gasteiger partial charge in [-0.1, -0.05) is 18.5 Å². The minimum absolute atomic E-state index is 0.00970. The summed E-state index contributed by atoms with van der Waals surface area (Å²) < 4.78 is 30.2. The highest BCUT2D eigenvalue weighted by Gasteiger charge is 2.60. The van der Waals surface area contributed by atoms with Gasteiger partial charge in [0.2, 0.25) is 0 Å². The minimum Gasteiger partial charge on any atom is -0.383 e. The van der Waals surface area contributed by atoms with Crippen LogP contribution in [0.1, 0.15) is 51.6 Å². The predicted octanol–water partition coefficient (Wildman–Crippen LogP) is 5.43. The van der Waals surface area contributed by atoms with Crippen LogP contribution >= 0.6 is 11.6 Å². The Morgan fingerprint density at radius 2 is 1.95 bits per heavy atom. The van der Waals surface area contributed by atoms with Gasteiger partial charge in [-0.3, -0.25) is 0 Å². The molecule has 3 aromatic heterocycles. The van der Waals surface area contributed by atoms with Crippen LogP contribution in [-0.4, -0.2) is 37.5 Å². The van der Waals surface area contributed by atoms with Crippen molar-refractivity contribution < 1.29 is 13.9 Å². The summed E-state index contributed by atoms with van der Waals surface area (Å²) in [5.74, 6) is -0.411. The molecule has 4 aromatic rings. The van der Waals surface area contributed by atoms with E-state index in [1.165, 1.54) is 12.4 Å². The summed E-state index contributed by atoms with van der Waals surface area (Å²) in [4.78, 5) is 13.0. The lowest BCUT2D eigenvalue weighted by Gasteiger charge is -2.34. The van der Waals surface area contributed by atoms with Crippen molar-refractivity contribution >= 4 is 45.2 Å². The summed E-state index contributed by atoms with van der Waals surface area (Å²) in [5.41, 5.74) is 14.0. The summed E-state index contributed by atoms with van der Waals surface area (Å²) >= 11 is 6.06. The van der Waals surface area contributed by atoms with Crippen molar-refractivity contribution in [3.05, 3.63) is 53.2 Å². The smallest absolute Gasteiger partial charge is 0.163 e. The zero-order valence-electron chi connectivity index (χ0n) is 21.0. The lowest BCUT2D eigenvalue weighted by molar-refractivity contribution is -0.170. The van der Waals surface area contributed by atoms with E-state index in [1.54, 1.807) is 6.07 Å². The highest BCUT2D eigenvalue weighted by atomic mass is 35.5. The molecule has 0 unspecified atom stereocenters. The van der Waals surface area contributed by atoms with Gasteiger partial charge in [0, 0.05) is 17.0 Å². The molecule has 6 rings (SSSR count). The number of fused-ring (bicyclic) bond motifs is 3. The molecule has 194 valence electrons. The molecule has 37 heavy (non-hydrogen) atoms. The van der Waals surface area contributed by atoms with Crippen molar-refractivity contribution in [2.75, 3.05) is 11.5 Å². The maximum absolute atomic E-state index is 15.0. The second-order valence-corrected chi connectivity index (χ2v) is 11.1. The number of hydrogen-bond acceptors (Lipinski definition) is 7.